The fourth-order valence-corrected chi connectivity index (χ4v) is 4.11. The molecule has 0 fully saturated rings. The van der Waals surface area contributed by atoms with Gasteiger partial charge in [0.15, 0.2) is 0 Å². The molecule has 4 heteroatoms. The molecule has 0 nitrogen and oxygen atoms in total. The molecule has 10 heavy (non-hydrogen) atoms. The van der Waals surface area contributed by atoms with Crippen LogP contribution in [0.4, 0.5) is 0 Å². The van der Waals surface area contributed by atoms with Crippen LogP contribution in [0.2, 0.25) is 37.1 Å². The predicted octanol–water partition coefficient (Wildman–Crippen LogP) is -1.17. The van der Waals surface area contributed by atoms with Gasteiger partial charge in [0.2, 0.25) is 0 Å². The molecule has 0 heterocycles. The molecule has 0 atom stereocenters. The van der Waals surface area contributed by atoms with Crippen LogP contribution in [0.25, 0.3) is 0 Å². The first-order chi connectivity index (χ1) is 4.85. The molecule has 0 rings (SSSR count). The summed E-state index contributed by atoms with van der Waals surface area (Å²) < 4.78 is 0. The van der Waals surface area contributed by atoms with E-state index in [1.165, 1.54) is 48.9 Å². The maximum absolute atomic E-state index is 1.55. The van der Waals surface area contributed by atoms with Crippen LogP contribution in [0.1, 0.15) is 0 Å². The molecular weight excluding hydrogens is 167 g/mol. The zero-order valence-corrected chi connectivity index (χ0v) is 13.8. The van der Waals surface area contributed by atoms with Gasteiger partial charge >= 0.3 is 0 Å². The fourth-order valence-electron chi connectivity index (χ4n) is 1.66. The highest BCUT2D eigenvalue weighted by atomic mass is 28.2. The minimum atomic E-state index is 1.13. The maximum atomic E-state index is 1.55. The first-order valence-corrected chi connectivity index (χ1v) is 9.09. The van der Waals surface area contributed by atoms with E-state index in [9.17, 15) is 0 Å². The highest BCUT2D eigenvalue weighted by Crippen LogP contribution is 2.10. The second-order valence-electron chi connectivity index (χ2n) is 3.23. The minimum Gasteiger partial charge on any atom is -0.0773 e. The van der Waals surface area contributed by atoms with Crippen molar-refractivity contribution in [1.29, 1.82) is 0 Å². The van der Waals surface area contributed by atoms with Crippen LogP contribution in [0.15, 0.2) is 0 Å². The van der Waals surface area contributed by atoms with E-state index in [4.69, 9.17) is 0 Å². The molecule has 0 bridgehead atoms. The van der Waals surface area contributed by atoms with Crippen molar-refractivity contribution in [2.75, 3.05) is 0 Å². The van der Waals surface area contributed by atoms with Gasteiger partial charge in [0.1, 0.15) is 6.71 Å². The van der Waals surface area contributed by atoms with Crippen molar-refractivity contribution in [3.63, 3.8) is 0 Å². The summed E-state index contributed by atoms with van der Waals surface area (Å²) in [6.07, 6.45) is 4.66. The molecule has 0 radical (unpaired) electrons. The lowest BCUT2D eigenvalue weighted by Crippen LogP contribution is -2.10. The summed E-state index contributed by atoms with van der Waals surface area (Å²) in [6, 6.07) is 4.61. The van der Waals surface area contributed by atoms with Crippen molar-refractivity contribution >= 4 is 37.4 Å². The van der Waals surface area contributed by atoms with Gasteiger partial charge in [0.25, 0.3) is 0 Å². The lowest BCUT2D eigenvalue weighted by atomic mass is 9.44. The molecule has 60 valence electrons. The standard InChI is InChI=1S/C6H21BSi3/c8-4-1-7(2-5-9)3-6-10/h1-6H2,8-10H3. The van der Waals surface area contributed by atoms with E-state index in [0.717, 1.165) is 6.71 Å². The van der Waals surface area contributed by atoms with Crippen molar-refractivity contribution in [2.24, 2.45) is 0 Å². The van der Waals surface area contributed by atoms with Crippen LogP contribution >= 0.6 is 0 Å². The normalized spacial score (nSPS) is 10.8. The number of hydrogen-bond donors (Lipinski definition) is 0. The zero-order valence-electron chi connectivity index (χ0n) is 7.82. The topological polar surface area (TPSA) is 0 Å². The van der Waals surface area contributed by atoms with Crippen molar-refractivity contribution < 1.29 is 0 Å². The van der Waals surface area contributed by atoms with Crippen molar-refractivity contribution in [2.45, 2.75) is 37.1 Å². The largest absolute Gasteiger partial charge is 0.138 e. The van der Waals surface area contributed by atoms with E-state index in [1.807, 2.05) is 0 Å². The van der Waals surface area contributed by atoms with Gasteiger partial charge in [-0.3, -0.25) is 0 Å². The molecule has 0 saturated heterocycles. The van der Waals surface area contributed by atoms with Crippen LogP contribution < -0.4 is 0 Å². The first kappa shape index (κ1) is 10.7. The van der Waals surface area contributed by atoms with Crippen molar-refractivity contribution in [3.05, 3.63) is 0 Å². The quantitative estimate of drug-likeness (QED) is 0.461. The Bertz CT molecular complexity index is 55.7. The summed E-state index contributed by atoms with van der Waals surface area (Å²) in [7, 11) is 4.27. The molecule has 0 spiro atoms. The molecular formula is C6H21BSi3. The van der Waals surface area contributed by atoms with Gasteiger partial charge in [0.05, 0.1) is 0 Å². The van der Waals surface area contributed by atoms with E-state index in [0.29, 0.717) is 0 Å². The Morgan fingerprint density at radius 2 is 1.00 bits per heavy atom. The Kier molecular flexibility index (Phi) is 8.38. The van der Waals surface area contributed by atoms with Gasteiger partial charge in [0, 0.05) is 30.7 Å². The van der Waals surface area contributed by atoms with Gasteiger partial charge < -0.3 is 0 Å². The third-order valence-electron chi connectivity index (χ3n) is 2.09. The molecule has 0 aliphatic carbocycles. The van der Waals surface area contributed by atoms with E-state index in [1.54, 1.807) is 19.0 Å². The van der Waals surface area contributed by atoms with Gasteiger partial charge in [-0.1, -0.05) is 37.1 Å². The predicted molar refractivity (Wildman–Crippen MR) is 64.4 cm³/mol. The van der Waals surface area contributed by atoms with E-state index < -0.39 is 0 Å². The first-order valence-electron chi connectivity index (χ1n) is 4.85. The van der Waals surface area contributed by atoms with Gasteiger partial charge in [-0.15, -0.1) is 0 Å². The molecule has 0 unspecified atom stereocenters. The Morgan fingerprint density at radius 1 is 0.700 bits per heavy atom. The second-order valence-corrected chi connectivity index (χ2v) is 6.23. The molecule has 0 aromatic rings. The molecule has 0 aliphatic heterocycles. The Labute approximate surface area is 74.9 Å². The average Bonchev–Trinajstić information content (AvgIpc) is 1.90. The molecule has 0 aromatic carbocycles. The van der Waals surface area contributed by atoms with Crippen LogP contribution in [-0.2, 0) is 0 Å². The smallest absolute Gasteiger partial charge is 0.0773 e. The molecule has 0 saturated carbocycles. The van der Waals surface area contributed by atoms with Gasteiger partial charge in [-0.05, 0) is 0 Å². The minimum absolute atomic E-state index is 1.13. The molecule has 0 aromatic heterocycles. The average molecular weight is 188 g/mol. The van der Waals surface area contributed by atoms with Crippen molar-refractivity contribution in [1.82, 2.24) is 0 Å². The van der Waals surface area contributed by atoms with Crippen LogP contribution in [0.3, 0.4) is 0 Å². The summed E-state index contributed by atoms with van der Waals surface area (Å²) >= 11 is 0. The summed E-state index contributed by atoms with van der Waals surface area (Å²) in [5.41, 5.74) is 0. The van der Waals surface area contributed by atoms with Crippen molar-refractivity contribution in [3.8, 4) is 0 Å². The number of rotatable bonds is 6. The van der Waals surface area contributed by atoms with E-state index in [-0.39, 0.29) is 0 Å². The Balaban J connectivity index is 3.30. The molecule has 0 amide bonds. The van der Waals surface area contributed by atoms with Crippen LogP contribution in [0.5, 0.6) is 0 Å². The monoisotopic (exact) mass is 188 g/mol. The highest BCUT2D eigenvalue weighted by molar-refractivity contribution is 6.60. The van der Waals surface area contributed by atoms with Crippen LogP contribution in [0, 0.1) is 0 Å². The lowest BCUT2D eigenvalue weighted by molar-refractivity contribution is 1.23. The summed E-state index contributed by atoms with van der Waals surface area (Å²) in [4.78, 5) is 0. The summed E-state index contributed by atoms with van der Waals surface area (Å²) in [6.45, 7) is 1.13. The number of hydrogen-bond acceptors (Lipinski definition) is 0. The van der Waals surface area contributed by atoms with Crippen LogP contribution in [-0.4, -0.2) is 37.4 Å². The lowest BCUT2D eigenvalue weighted by Gasteiger charge is -2.08. The van der Waals surface area contributed by atoms with E-state index >= 15 is 0 Å². The second kappa shape index (κ2) is 7.82. The molecule has 0 N–H and O–H groups in total. The van der Waals surface area contributed by atoms with Gasteiger partial charge in [-0.2, -0.15) is 0 Å². The van der Waals surface area contributed by atoms with E-state index in [2.05, 4.69) is 0 Å². The Morgan fingerprint density at radius 3 is 1.20 bits per heavy atom. The fraction of sp³-hybridized carbons (Fsp3) is 1.00. The zero-order chi connectivity index (χ0) is 7.82. The van der Waals surface area contributed by atoms with Gasteiger partial charge in [-0.25, -0.2) is 0 Å². The third-order valence-corrected chi connectivity index (χ3v) is 3.82. The third kappa shape index (κ3) is 5.50. The summed E-state index contributed by atoms with van der Waals surface area (Å²) in [5, 5.41) is 0. The molecule has 0 aliphatic rings. The highest BCUT2D eigenvalue weighted by Gasteiger charge is 2.08. The summed E-state index contributed by atoms with van der Waals surface area (Å²) in [5.74, 6) is 0. The SMILES string of the molecule is [SiH3]CCB(CC[SiH3])CC[SiH3]. The Hall–Kier alpha value is 0.716. The maximum Gasteiger partial charge on any atom is 0.138 e.